The molecule has 1 unspecified atom stereocenters. The molecule has 7 nitrogen and oxygen atoms in total. The van der Waals surface area contributed by atoms with E-state index in [0.29, 0.717) is 12.5 Å². The van der Waals surface area contributed by atoms with Gasteiger partial charge in [0.25, 0.3) is 15.9 Å². The van der Waals surface area contributed by atoms with Gasteiger partial charge in [0.2, 0.25) is 0 Å². The second-order valence-corrected chi connectivity index (χ2v) is 8.07. The summed E-state index contributed by atoms with van der Waals surface area (Å²) in [6.45, 7) is 5.70. The maximum absolute atomic E-state index is 12.3. The van der Waals surface area contributed by atoms with Gasteiger partial charge in [-0.1, -0.05) is 26.0 Å². The van der Waals surface area contributed by atoms with Crippen LogP contribution in [0.2, 0.25) is 0 Å². The molecule has 138 valence electrons. The van der Waals surface area contributed by atoms with Gasteiger partial charge in [-0.2, -0.15) is 0 Å². The summed E-state index contributed by atoms with van der Waals surface area (Å²) in [5.74, 6) is -0.713. The number of benzene rings is 1. The molecule has 1 heterocycles. The fourth-order valence-electron chi connectivity index (χ4n) is 2.35. The number of carbonyl (C=O) groups is 2. The zero-order chi connectivity index (χ0) is 18.6. The number of sulfonamides is 1. The van der Waals surface area contributed by atoms with Crippen molar-refractivity contribution in [2.24, 2.45) is 5.92 Å². The molecule has 0 radical (unpaired) electrons. The molecule has 0 fully saturated rings. The Morgan fingerprint density at radius 3 is 2.48 bits per heavy atom. The second-order valence-electron chi connectivity index (χ2n) is 6.24. The molecule has 0 saturated carbocycles. The molecule has 0 spiro atoms. The van der Waals surface area contributed by atoms with E-state index in [2.05, 4.69) is 13.8 Å². The summed E-state index contributed by atoms with van der Waals surface area (Å²) in [5.41, 5.74) is 0.138. The first-order valence-electron chi connectivity index (χ1n) is 8.19. The summed E-state index contributed by atoms with van der Waals surface area (Å²) in [7, 11) is -3.88. The Morgan fingerprint density at radius 1 is 1.16 bits per heavy atom. The van der Waals surface area contributed by atoms with E-state index in [-0.39, 0.29) is 23.6 Å². The van der Waals surface area contributed by atoms with Crippen LogP contribution in [0.3, 0.4) is 0 Å². The zero-order valence-electron chi connectivity index (χ0n) is 14.6. The fourth-order valence-corrected chi connectivity index (χ4v) is 3.90. The minimum atomic E-state index is -3.88. The maximum atomic E-state index is 12.3. The zero-order valence-corrected chi connectivity index (χ0v) is 15.4. The lowest BCUT2D eigenvalue weighted by Crippen LogP contribution is -2.35. The van der Waals surface area contributed by atoms with Crippen LogP contribution >= 0.6 is 0 Å². The summed E-state index contributed by atoms with van der Waals surface area (Å²) in [6.07, 6.45) is 0.0954. The number of ether oxygens (including phenoxy) is 2. The van der Waals surface area contributed by atoms with Crippen LogP contribution in [0.1, 0.15) is 37.6 Å². The number of rotatable bonds is 8. The molecule has 0 N–H and O–H groups in total. The number of carbonyl (C=O) groups excluding carboxylic acids is 2. The van der Waals surface area contributed by atoms with Crippen LogP contribution in [0.15, 0.2) is 29.2 Å². The number of fused-ring (bicyclic) bond motifs is 1. The first-order chi connectivity index (χ1) is 11.7. The SMILES string of the molecule is CC(C)CCOC(C)C(=O)OCCN1C(=O)c2ccccc2S1(=O)=O. The Kier molecular flexibility index (Phi) is 6.18. The van der Waals surface area contributed by atoms with E-state index in [1.54, 1.807) is 19.1 Å². The smallest absolute Gasteiger partial charge is 0.335 e. The van der Waals surface area contributed by atoms with Crippen molar-refractivity contribution in [3.05, 3.63) is 29.8 Å². The summed E-state index contributed by atoms with van der Waals surface area (Å²) >= 11 is 0. The van der Waals surface area contributed by atoms with Crippen LogP contribution < -0.4 is 0 Å². The van der Waals surface area contributed by atoms with Crippen molar-refractivity contribution < 1.29 is 27.5 Å². The minimum Gasteiger partial charge on any atom is -0.462 e. The topological polar surface area (TPSA) is 90.0 Å². The van der Waals surface area contributed by atoms with E-state index < -0.39 is 28.0 Å². The highest BCUT2D eigenvalue weighted by molar-refractivity contribution is 7.90. The van der Waals surface area contributed by atoms with Crippen molar-refractivity contribution in [2.75, 3.05) is 19.8 Å². The lowest BCUT2D eigenvalue weighted by Gasteiger charge is -2.17. The molecule has 1 aromatic rings. The third-order valence-electron chi connectivity index (χ3n) is 3.85. The highest BCUT2D eigenvalue weighted by Gasteiger charge is 2.40. The fraction of sp³-hybridized carbons (Fsp3) is 0.529. The summed E-state index contributed by atoms with van der Waals surface area (Å²) < 4.78 is 35.8. The molecule has 0 saturated heterocycles. The van der Waals surface area contributed by atoms with Gasteiger partial charge in [0, 0.05) is 6.61 Å². The minimum absolute atomic E-state index is 0.0169. The second kappa shape index (κ2) is 7.97. The molecule has 1 aromatic carbocycles. The van der Waals surface area contributed by atoms with Crippen LogP contribution in [0, 0.1) is 5.92 Å². The van der Waals surface area contributed by atoms with Crippen molar-refractivity contribution in [2.45, 2.75) is 38.2 Å². The highest BCUT2D eigenvalue weighted by Crippen LogP contribution is 2.29. The van der Waals surface area contributed by atoms with Crippen molar-refractivity contribution in [3.8, 4) is 0 Å². The van der Waals surface area contributed by atoms with Crippen molar-refractivity contribution in [1.29, 1.82) is 0 Å². The Bertz CT molecular complexity index is 743. The van der Waals surface area contributed by atoms with Gasteiger partial charge in [-0.05, 0) is 31.4 Å². The molecule has 0 bridgehead atoms. The lowest BCUT2D eigenvalue weighted by atomic mass is 10.1. The third kappa shape index (κ3) is 4.38. The molecular formula is C17H23NO6S. The molecule has 2 rings (SSSR count). The van der Waals surface area contributed by atoms with Crippen LogP contribution in [0.5, 0.6) is 0 Å². The van der Waals surface area contributed by atoms with E-state index >= 15 is 0 Å². The highest BCUT2D eigenvalue weighted by atomic mass is 32.2. The third-order valence-corrected chi connectivity index (χ3v) is 5.69. The average Bonchev–Trinajstić information content (AvgIpc) is 2.75. The van der Waals surface area contributed by atoms with E-state index in [1.165, 1.54) is 12.1 Å². The number of esters is 1. The van der Waals surface area contributed by atoms with E-state index in [4.69, 9.17) is 9.47 Å². The van der Waals surface area contributed by atoms with Gasteiger partial charge in [-0.15, -0.1) is 0 Å². The molecule has 8 heteroatoms. The van der Waals surface area contributed by atoms with Gasteiger partial charge < -0.3 is 9.47 Å². The van der Waals surface area contributed by atoms with Crippen LogP contribution in [0.4, 0.5) is 0 Å². The molecule has 1 aliphatic rings. The first kappa shape index (κ1) is 19.4. The number of hydrogen-bond acceptors (Lipinski definition) is 6. The number of hydrogen-bond donors (Lipinski definition) is 0. The number of amides is 1. The van der Waals surface area contributed by atoms with Crippen molar-refractivity contribution in [3.63, 3.8) is 0 Å². The van der Waals surface area contributed by atoms with E-state index in [9.17, 15) is 18.0 Å². The van der Waals surface area contributed by atoms with Crippen molar-refractivity contribution >= 4 is 21.9 Å². The van der Waals surface area contributed by atoms with E-state index in [0.717, 1.165) is 10.7 Å². The molecule has 0 aromatic heterocycles. The predicted octanol–water partition coefficient (Wildman–Crippen LogP) is 1.83. The van der Waals surface area contributed by atoms with Crippen molar-refractivity contribution in [1.82, 2.24) is 4.31 Å². The molecule has 25 heavy (non-hydrogen) atoms. The van der Waals surface area contributed by atoms with Gasteiger partial charge in [-0.3, -0.25) is 4.79 Å². The van der Waals surface area contributed by atoms with Gasteiger partial charge in [0.05, 0.1) is 12.1 Å². The molecule has 0 aliphatic carbocycles. The monoisotopic (exact) mass is 369 g/mol. The predicted molar refractivity (Wildman–Crippen MR) is 90.5 cm³/mol. The average molecular weight is 369 g/mol. The first-order valence-corrected chi connectivity index (χ1v) is 9.63. The van der Waals surface area contributed by atoms with Gasteiger partial charge in [0.1, 0.15) is 11.5 Å². The Labute approximate surface area is 148 Å². The molecule has 1 atom stereocenters. The Morgan fingerprint density at radius 2 is 1.84 bits per heavy atom. The van der Waals surface area contributed by atoms with Crippen LogP contribution in [-0.4, -0.2) is 50.5 Å². The Balaban J connectivity index is 1.86. The summed E-state index contributed by atoms with van der Waals surface area (Å²) in [5, 5.41) is 0. The molecule has 1 amide bonds. The van der Waals surface area contributed by atoms with Gasteiger partial charge >= 0.3 is 5.97 Å². The molecular weight excluding hydrogens is 346 g/mol. The maximum Gasteiger partial charge on any atom is 0.335 e. The largest absolute Gasteiger partial charge is 0.462 e. The number of nitrogens with zero attached hydrogens (tertiary/aromatic N) is 1. The molecule has 1 aliphatic heterocycles. The van der Waals surface area contributed by atoms with Gasteiger partial charge in [-0.25, -0.2) is 17.5 Å². The summed E-state index contributed by atoms with van der Waals surface area (Å²) in [4.78, 5) is 24.0. The standard InChI is InChI=1S/C17H23NO6S/c1-12(2)8-10-23-13(3)17(20)24-11-9-18-16(19)14-6-4-5-7-15(14)25(18,21)22/h4-7,12-13H,8-11H2,1-3H3. The Hall–Kier alpha value is -1.93. The van der Waals surface area contributed by atoms with Crippen LogP contribution in [-0.2, 0) is 24.3 Å². The van der Waals surface area contributed by atoms with Gasteiger partial charge in [0.15, 0.2) is 6.10 Å². The van der Waals surface area contributed by atoms with Crippen LogP contribution in [0.25, 0.3) is 0 Å². The summed E-state index contributed by atoms with van der Waals surface area (Å²) in [6, 6.07) is 6.01. The lowest BCUT2D eigenvalue weighted by molar-refractivity contribution is -0.156. The normalized spacial score (nSPS) is 16.8. The van der Waals surface area contributed by atoms with E-state index in [1.807, 2.05) is 0 Å². The quantitative estimate of drug-likeness (QED) is 0.650.